The van der Waals surface area contributed by atoms with Crippen molar-refractivity contribution in [1.82, 2.24) is 4.98 Å². The van der Waals surface area contributed by atoms with Crippen LogP contribution in [0.3, 0.4) is 0 Å². The lowest BCUT2D eigenvalue weighted by atomic mass is 10.1. The second-order valence-corrected chi connectivity index (χ2v) is 8.22. The Kier molecular flexibility index (Phi) is 6.04. The van der Waals surface area contributed by atoms with E-state index in [9.17, 15) is 9.59 Å². The van der Waals surface area contributed by atoms with Crippen LogP contribution in [0.2, 0.25) is 0 Å². The highest BCUT2D eigenvalue weighted by Gasteiger charge is 2.19. The Hall–Kier alpha value is -3.91. The average molecular weight is 448 g/mol. The van der Waals surface area contributed by atoms with Gasteiger partial charge in [-0.25, -0.2) is 4.98 Å². The Morgan fingerprint density at radius 3 is 2.59 bits per heavy atom. The molecule has 162 valence electrons. The Balaban J connectivity index is 1.52. The number of hydrogen-bond acceptors (Lipinski definition) is 6. The summed E-state index contributed by atoms with van der Waals surface area (Å²) in [5.74, 6) is 0.486. The molecule has 0 aliphatic rings. The minimum atomic E-state index is -0.375. The van der Waals surface area contributed by atoms with E-state index in [1.165, 1.54) is 17.6 Å². The molecular weight excluding hydrogens is 426 g/mol. The van der Waals surface area contributed by atoms with Gasteiger partial charge in [-0.2, -0.15) is 0 Å². The smallest absolute Gasteiger partial charge is 0.291 e. The van der Waals surface area contributed by atoms with Crippen molar-refractivity contribution in [2.75, 3.05) is 10.6 Å². The van der Waals surface area contributed by atoms with E-state index in [0.29, 0.717) is 27.2 Å². The van der Waals surface area contributed by atoms with E-state index in [1.807, 2.05) is 39.0 Å². The molecule has 0 atom stereocenters. The number of ether oxygens (including phenoxy) is 1. The van der Waals surface area contributed by atoms with Crippen molar-refractivity contribution in [2.24, 2.45) is 0 Å². The molecule has 0 saturated carbocycles. The van der Waals surface area contributed by atoms with Crippen LogP contribution in [0, 0.1) is 20.8 Å². The Labute approximate surface area is 189 Å². The van der Waals surface area contributed by atoms with E-state index in [4.69, 9.17) is 9.15 Å². The maximum atomic E-state index is 13.0. The standard InChI is InChI=1S/C24H21N3O4S/c1-14-7-4-9-18(16(14)3)31-24-17(8-5-11-25-24)26-23(29)21-15(2)13-20(32-21)27-22(28)19-10-6-12-30-19/h4-13H,1-3H3,(H,26,29)(H,27,28). The van der Waals surface area contributed by atoms with Gasteiger partial charge in [0.2, 0.25) is 5.88 Å². The number of aromatic nitrogens is 1. The van der Waals surface area contributed by atoms with Gasteiger partial charge in [0.1, 0.15) is 11.4 Å². The first-order chi connectivity index (χ1) is 15.4. The maximum absolute atomic E-state index is 13.0. The molecule has 0 radical (unpaired) electrons. The zero-order chi connectivity index (χ0) is 22.7. The van der Waals surface area contributed by atoms with Crippen molar-refractivity contribution in [1.29, 1.82) is 0 Å². The second-order valence-electron chi connectivity index (χ2n) is 7.16. The molecule has 0 aliphatic carbocycles. The molecule has 4 aromatic rings. The fraction of sp³-hybridized carbons (Fsp3) is 0.125. The van der Waals surface area contributed by atoms with Crippen LogP contribution in [0.5, 0.6) is 11.6 Å². The molecule has 7 nitrogen and oxygen atoms in total. The number of benzene rings is 1. The van der Waals surface area contributed by atoms with E-state index in [-0.39, 0.29) is 17.6 Å². The van der Waals surface area contributed by atoms with Gasteiger partial charge < -0.3 is 19.8 Å². The number of nitrogens with one attached hydrogen (secondary N) is 2. The molecule has 0 bridgehead atoms. The first-order valence-electron chi connectivity index (χ1n) is 9.88. The minimum absolute atomic E-state index is 0.200. The number of carbonyl (C=O) groups is 2. The quantitative estimate of drug-likeness (QED) is 0.380. The van der Waals surface area contributed by atoms with E-state index in [0.717, 1.165) is 16.7 Å². The second kappa shape index (κ2) is 9.07. The number of nitrogens with zero attached hydrogens (tertiary/aromatic N) is 1. The van der Waals surface area contributed by atoms with Gasteiger partial charge in [-0.3, -0.25) is 9.59 Å². The molecule has 0 fully saturated rings. The van der Waals surface area contributed by atoms with Crippen molar-refractivity contribution >= 4 is 33.8 Å². The summed E-state index contributed by atoms with van der Waals surface area (Å²) in [5.41, 5.74) is 3.29. The fourth-order valence-corrected chi connectivity index (χ4v) is 4.00. The number of anilines is 2. The van der Waals surface area contributed by atoms with Crippen LogP contribution in [0.1, 0.15) is 36.9 Å². The lowest BCUT2D eigenvalue weighted by Crippen LogP contribution is -2.12. The number of furan rings is 1. The normalized spacial score (nSPS) is 10.6. The van der Waals surface area contributed by atoms with E-state index in [2.05, 4.69) is 15.6 Å². The van der Waals surface area contributed by atoms with Crippen molar-refractivity contribution < 1.29 is 18.7 Å². The summed E-state index contributed by atoms with van der Waals surface area (Å²) in [6, 6.07) is 14.2. The highest BCUT2D eigenvalue weighted by Crippen LogP contribution is 2.32. The largest absolute Gasteiger partial charge is 0.459 e. The molecule has 0 aliphatic heterocycles. The zero-order valence-corrected chi connectivity index (χ0v) is 18.6. The van der Waals surface area contributed by atoms with Crippen LogP contribution < -0.4 is 15.4 Å². The van der Waals surface area contributed by atoms with E-state index >= 15 is 0 Å². The monoisotopic (exact) mass is 447 g/mol. The molecule has 0 unspecified atom stereocenters. The van der Waals surface area contributed by atoms with E-state index in [1.54, 1.807) is 36.5 Å². The highest BCUT2D eigenvalue weighted by molar-refractivity contribution is 7.18. The summed E-state index contributed by atoms with van der Waals surface area (Å²) in [6.45, 7) is 5.79. The number of thiophene rings is 1. The van der Waals surface area contributed by atoms with Gasteiger partial charge in [0.15, 0.2) is 5.76 Å². The molecule has 2 N–H and O–H groups in total. The maximum Gasteiger partial charge on any atom is 0.291 e. The van der Waals surface area contributed by atoms with Crippen LogP contribution in [-0.2, 0) is 0 Å². The fourth-order valence-electron chi connectivity index (χ4n) is 3.04. The summed E-state index contributed by atoms with van der Waals surface area (Å²) in [5, 5.41) is 6.17. The van der Waals surface area contributed by atoms with Crippen LogP contribution in [-0.4, -0.2) is 16.8 Å². The Bertz CT molecular complexity index is 1280. The van der Waals surface area contributed by atoms with Crippen LogP contribution >= 0.6 is 11.3 Å². The molecule has 3 aromatic heterocycles. The average Bonchev–Trinajstić information content (AvgIpc) is 3.43. The number of rotatable bonds is 6. The summed E-state index contributed by atoms with van der Waals surface area (Å²) >= 11 is 1.18. The molecule has 4 rings (SSSR count). The molecular formula is C24H21N3O4S. The van der Waals surface area contributed by atoms with Gasteiger partial charge in [-0.1, -0.05) is 12.1 Å². The van der Waals surface area contributed by atoms with Crippen molar-refractivity contribution in [3.05, 3.63) is 88.3 Å². The topological polar surface area (TPSA) is 93.5 Å². The van der Waals surface area contributed by atoms with Crippen molar-refractivity contribution in [2.45, 2.75) is 20.8 Å². The van der Waals surface area contributed by atoms with Crippen molar-refractivity contribution in [3.8, 4) is 11.6 Å². The number of carbonyl (C=O) groups excluding carboxylic acids is 2. The van der Waals surface area contributed by atoms with Gasteiger partial charge in [-0.05, 0) is 73.9 Å². The zero-order valence-electron chi connectivity index (χ0n) is 17.8. The Morgan fingerprint density at radius 2 is 1.81 bits per heavy atom. The Morgan fingerprint density at radius 1 is 0.969 bits per heavy atom. The molecule has 8 heteroatoms. The molecule has 0 spiro atoms. The molecule has 3 heterocycles. The van der Waals surface area contributed by atoms with Gasteiger partial charge in [0, 0.05) is 6.20 Å². The third kappa shape index (κ3) is 4.55. The van der Waals surface area contributed by atoms with Gasteiger partial charge in [0.25, 0.3) is 11.8 Å². The number of pyridine rings is 1. The number of hydrogen-bond donors (Lipinski definition) is 2. The predicted molar refractivity (Wildman–Crippen MR) is 124 cm³/mol. The third-order valence-corrected chi connectivity index (χ3v) is 6.04. The first-order valence-corrected chi connectivity index (χ1v) is 10.7. The van der Waals surface area contributed by atoms with Crippen LogP contribution in [0.4, 0.5) is 10.7 Å². The molecule has 2 amide bonds. The molecule has 0 saturated heterocycles. The van der Waals surface area contributed by atoms with Crippen LogP contribution in [0.15, 0.2) is 65.4 Å². The summed E-state index contributed by atoms with van der Waals surface area (Å²) in [6.07, 6.45) is 3.04. The SMILES string of the molecule is Cc1cc(NC(=O)c2ccco2)sc1C(=O)Nc1cccnc1Oc1cccc(C)c1C. The highest BCUT2D eigenvalue weighted by atomic mass is 32.1. The summed E-state index contributed by atoms with van der Waals surface area (Å²) in [4.78, 5) is 29.9. The van der Waals surface area contributed by atoms with Crippen LogP contribution in [0.25, 0.3) is 0 Å². The number of amides is 2. The van der Waals surface area contributed by atoms with Gasteiger partial charge in [-0.15, -0.1) is 11.3 Å². The lowest BCUT2D eigenvalue weighted by molar-refractivity contribution is 0.0995. The van der Waals surface area contributed by atoms with Gasteiger partial charge >= 0.3 is 0 Å². The van der Waals surface area contributed by atoms with Crippen molar-refractivity contribution in [3.63, 3.8) is 0 Å². The molecule has 1 aromatic carbocycles. The third-order valence-electron chi connectivity index (χ3n) is 4.89. The van der Waals surface area contributed by atoms with E-state index < -0.39 is 0 Å². The number of aryl methyl sites for hydroxylation is 2. The lowest BCUT2D eigenvalue weighted by Gasteiger charge is -2.13. The summed E-state index contributed by atoms with van der Waals surface area (Å²) < 4.78 is 11.1. The summed E-state index contributed by atoms with van der Waals surface area (Å²) in [7, 11) is 0. The van der Waals surface area contributed by atoms with Gasteiger partial charge in [0.05, 0.1) is 16.1 Å². The first kappa shape index (κ1) is 21.3. The minimum Gasteiger partial charge on any atom is -0.459 e. The molecule has 32 heavy (non-hydrogen) atoms. The predicted octanol–water partition coefficient (Wildman–Crippen LogP) is 5.96.